The smallest absolute Gasteiger partial charge is 0.413 e. The zero-order valence-corrected chi connectivity index (χ0v) is 22.8. The first-order valence-corrected chi connectivity index (χ1v) is 12.8. The predicted molar refractivity (Wildman–Crippen MR) is 140 cm³/mol. The van der Waals surface area contributed by atoms with Crippen molar-refractivity contribution in [1.29, 1.82) is 0 Å². The number of carboxylic acid groups (broad SMARTS) is 2. The Morgan fingerprint density at radius 2 is 1.68 bits per heavy atom. The lowest BCUT2D eigenvalue weighted by Crippen LogP contribution is -2.50. The van der Waals surface area contributed by atoms with Crippen LogP contribution in [0.3, 0.4) is 0 Å². The van der Waals surface area contributed by atoms with Crippen LogP contribution in [-0.2, 0) is 25.6 Å². The molecule has 2 rings (SSSR count). The van der Waals surface area contributed by atoms with E-state index in [9.17, 15) is 34.2 Å². The summed E-state index contributed by atoms with van der Waals surface area (Å²) in [6, 6.07) is -0.854. The van der Waals surface area contributed by atoms with Gasteiger partial charge in [0.1, 0.15) is 29.2 Å². The van der Waals surface area contributed by atoms with Gasteiger partial charge in [-0.3, -0.25) is 14.4 Å². The molecule has 210 valence electrons. The largest absolute Gasteiger partial charge is 0.508 e. The number of hydrogen-bond acceptors (Lipinski definition) is 8. The molecule has 3 unspecified atom stereocenters. The average Bonchev–Trinajstić information content (AvgIpc) is 2.86. The fourth-order valence-electron chi connectivity index (χ4n) is 4.10. The van der Waals surface area contributed by atoms with Crippen LogP contribution < -0.4 is 15.4 Å². The number of amides is 4. The normalized spacial score (nSPS) is 17.8. The maximum absolute atomic E-state index is 12.6. The molecule has 3 atom stereocenters. The average molecular weight is 554 g/mol. The van der Waals surface area contributed by atoms with E-state index in [2.05, 4.69) is 23.3 Å². The van der Waals surface area contributed by atoms with Gasteiger partial charge in [0.15, 0.2) is 0 Å². The Morgan fingerprint density at radius 1 is 1.08 bits per heavy atom. The lowest BCUT2D eigenvalue weighted by atomic mass is 9.87. The van der Waals surface area contributed by atoms with Gasteiger partial charge in [0.2, 0.25) is 11.8 Å². The molecule has 1 aliphatic heterocycles. The van der Waals surface area contributed by atoms with Crippen LogP contribution in [-0.4, -0.2) is 80.5 Å². The van der Waals surface area contributed by atoms with E-state index in [4.69, 9.17) is 9.84 Å². The van der Waals surface area contributed by atoms with Crippen molar-refractivity contribution in [2.75, 3.05) is 12.8 Å². The highest BCUT2D eigenvalue weighted by Crippen LogP contribution is 2.41. The van der Waals surface area contributed by atoms with Crippen molar-refractivity contribution in [2.24, 2.45) is 0 Å². The van der Waals surface area contributed by atoms with E-state index < -0.39 is 47.5 Å². The van der Waals surface area contributed by atoms with E-state index in [-0.39, 0.29) is 30.8 Å². The number of aromatic hydroxyl groups is 1. The molecule has 1 aliphatic rings. The molecule has 0 aromatic heterocycles. The molecule has 5 N–H and O–H groups in total. The second-order valence-corrected chi connectivity index (χ2v) is 10.0. The number of carbonyl (C=O) groups excluding carboxylic acids is 3. The molecular formula is C25H35N3O9S. The van der Waals surface area contributed by atoms with E-state index in [1.54, 1.807) is 13.0 Å². The fraction of sp³-hybridized carbons (Fsp3) is 0.560. The quantitative estimate of drug-likeness (QED) is 0.222. The van der Waals surface area contributed by atoms with Crippen LogP contribution in [0.5, 0.6) is 11.5 Å². The molecule has 0 aliphatic carbocycles. The number of benzene rings is 1. The number of ether oxygens (including phenoxy) is 1. The number of rotatable bonds is 11. The Morgan fingerprint density at radius 3 is 2.26 bits per heavy atom. The van der Waals surface area contributed by atoms with E-state index in [1.165, 1.54) is 0 Å². The summed E-state index contributed by atoms with van der Waals surface area (Å²) in [5.74, 6) is -2.66. The van der Waals surface area contributed by atoms with Crippen LogP contribution in [0, 0.1) is 13.8 Å². The minimum absolute atomic E-state index is 0.00429. The van der Waals surface area contributed by atoms with Crippen molar-refractivity contribution >= 4 is 42.4 Å². The van der Waals surface area contributed by atoms with Crippen LogP contribution in [0.1, 0.15) is 55.7 Å². The van der Waals surface area contributed by atoms with E-state index in [0.717, 1.165) is 23.7 Å². The van der Waals surface area contributed by atoms with Gasteiger partial charge >= 0.3 is 12.1 Å². The van der Waals surface area contributed by atoms with Gasteiger partial charge in [0, 0.05) is 25.6 Å². The third-order valence-electron chi connectivity index (χ3n) is 6.77. The first-order chi connectivity index (χ1) is 17.7. The molecule has 0 fully saturated rings. The van der Waals surface area contributed by atoms with Gasteiger partial charge in [-0.05, 0) is 69.2 Å². The van der Waals surface area contributed by atoms with Crippen LogP contribution >= 0.6 is 12.6 Å². The Balaban J connectivity index is 1.91. The SMILES string of the molecule is Cc1c(O)cc2c(c1C)OC(C)(CCC(=O)NC(CCC(=O)NC(CS)C(=O)N(C)C(=O)O)C(=O)O)CC2. The molecule has 0 spiro atoms. The highest BCUT2D eigenvalue weighted by atomic mass is 32.1. The predicted octanol–water partition coefficient (Wildman–Crippen LogP) is 1.77. The number of carbonyl (C=O) groups is 5. The molecule has 38 heavy (non-hydrogen) atoms. The van der Waals surface area contributed by atoms with Crippen molar-refractivity contribution in [2.45, 2.75) is 77.0 Å². The van der Waals surface area contributed by atoms with Crippen LogP contribution in [0.2, 0.25) is 0 Å². The van der Waals surface area contributed by atoms with Crippen molar-refractivity contribution in [1.82, 2.24) is 15.5 Å². The second-order valence-electron chi connectivity index (χ2n) is 9.67. The number of aliphatic carboxylic acids is 1. The standard InChI is InChI=1S/C25H35N3O9S/c1-13-14(2)21-15(11-18(13)29)7-9-25(3,37-21)10-8-20(31)26-16(23(33)34)5-6-19(30)27-17(12-38)22(32)28(4)24(35)36/h11,16-17,29,38H,5-10,12H2,1-4H3,(H,26,31)(H,27,30)(H,33,34)(H,35,36). The van der Waals surface area contributed by atoms with Gasteiger partial charge in [-0.25, -0.2) is 14.5 Å². The summed E-state index contributed by atoms with van der Waals surface area (Å²) in [6.07, 6.45) is -0.464. The molecule has 0 saturated carbocycles. The molecule has 1 aromatic carbocycles. The molecule has 0 saturated heterocycles. The molecule has 13 heteroatoms. The third-order valence-corrected chi connectivity index (χ3v) is 7.13. The lowest BCUT2D eigenvalue weighted by Gasteiger charge is -2.37. The lowest BCUT2D eigenvalue weighted by molar-refractivity contribution is -0.142. The van der Waals surface area contributed by atoms with Gasteiger partial charge in [-0.1, -0.05) is 0 Å². The highest BCUT2D eigenvalue weighted by Gasteiger charge is 2.34. The number of aryl methyl sites for hydroxylation is 1. The molecule has 1 heterocycles. The van der Waals surface area contributed by atoms with Crippen LogP contribution in [0.4, 0.5) is 4.79 Å². The van der Waals surface area contributed by atoms with Gasteiger partial charge in [-0.2, -0.15) is 12.6 Å². The number of nitrogens with zero attached hydrogens (tertiary/aromatic N) is 1. The number of nitrogens with one attached hydrogen (secondary N) is 2. The number of likely N-dealkylation sites (N-methyl/N-ethyl adjacent to an activating group) is 1. The Kier molecular flexibility index (Phi) is 10.4. The summed E-state index contributed by atoms with van der Waals surface area (Å²) in [5.41, 5.74) is 1.79. The summed E-state index contributed by atoms with van der Waals surface area (Å²) in [5, 5.41) is 33.3. The molecule has 1 aromatic rings. The monoisotopic (exact) mass is 553 g/mol. The zero-order chi connectivity index (χ0) is 28.8. The minimum Gasteiger partial charge on any atom is -0.508 e. The number of imide groups is 1. The van der Waals surface area contributed by atoms with Crippen molar-refractivity contribution < 1.29 is 44.0 Å². The Hall–Kier alpha value is -3.48. The minimum atomic E-state index is -1.49. The first kappa shape index (κ1) is 30.7. The molecule has 0 bridgehead atoms. The van der Waals surface area contributed by atoms with Gasteiger partial charge in [0.25, 0.3) is 5.91 Å². The summed E-state index contributed by atoms with van der Waals surface area (Å²) < 4.78 is 6.23. The maximum atomic E-state index is 12.6. The highest BCUT2D eigenvalue weighted by molar-refractivity contribution is 7.80. The Bertz CT molecular complexity index is 1110. The number of fused-ring (bicyclic) bond motifs is 1. The summed E-state index contributed by atoms with van der Waals surface area (Å²) >= 11 is 3.96. The number of phenols is 1. The molecular weight excluding hydrogens is 518 g/mol. The fourth-order valence-corrected chi connectivity index (χ4v) is 4.35. The first-order valence-electron chi connectivity index (χ1n) is 12.1. The van der Waals surface area contributed by atoms with E-state index >= 15 is 0 Å². The Labute approximate surface area is 226 Å². The van der Waals surface area contributed by atoms with Crippen LogP contribution in [0.25, 0.3) is 0 Å². The topological polar surface area (TPSA) is 183 Å². The van der Waals surface area contributed by atoms with Gasteiger partial charge < -0.3 is 30.7 Å². The molecule has 0 radical (unpaired) electrons. The van der Waals surface area contributed by atoms with Gasteiger partial charge in [-0.15, -0.1) is 0 Å². The second kappa shape index (κ2) is 12.9. The van der Waals surface area contributed by atoms with Crippen LogP contribution in [0.15, 0.2) is 6.07 Å². The van der Waals surface area contributed by atoms with Crippen molar-refractivity contribution in [3.05, 3.63) is 22.8 Å². The number of carboxylic acids is 1. The number of hydrogen-bond donors (Lipinski definition) is 6. The van der Waals surface area contributed by atoms with Crippen molar-refractivity contribution in [3.63, 3.8) is 0 Å². The third kappa shape index (κ3) is 7.76. The van der Waals surface area contributed by atoms with E-state index in [0.29, 0.717) is 29.9 Å². The molecule has 12 nitrogen and oxygen atoms in total. The van der Waals surface area contributed by atoms with Gasteiger partial charge in [0.05, 0.1) is 0 Å². The summed E-state index contributed by atoms with van der Waals surface area (Å²) in [7, 11) is 1.04. The zero-order valence-electron chi connectivity index (χ0n) is 21.9. The van der Waals surface area contributed by atoms with Crippen molar-refractivity contribution in [3.8, 4) is 11.5 Å². The number of thiol groups is 1. The van der Waals surface area contributed by atoms with E-state index in [1.807, 2.05) is 13.8 Å². The molecule has 4 amide bonds. The number of phenolic OH excluding ortho intramolecular Hbond substituents is 1. The summed E-state index contributed by atoms with van der Waals surface area (Å²) in [4.78, 5) is 60.0. The summed E-state index contributed by atoms with van der Waals surface area (Å²) in [6.45, 7) is 5.54. The maximum Gasteiger partial charge on any atom is 0.413 e.